The van der Waals surface area contributed by atoms with Crippen molar-refractivity contribution >= 4 is 18.3 Å². The average Bonchev–Trinajstić information content (AvgIpc) is 2.47. The summed E-state index contributed by atoms with van der Waals surface area (Å²) in [4.78, 5) is 12.0. The Labute approximate surface area is 126 Å². The Kier molecular flexibility index (Phi) is 7.41. The molecule has 0 saturated carbocycles. The highest BCUT2D eigenvalue weighted by molar-refractivity contribution is 5.85. The number of piperidine rings is 1. The summed E-state index contributed by atoms with van der Waals surface area (Å²) >= 11 is 0. The fourth-order valence-corrected chi connectivity index (χ4v) is 2.33. The summed E-state index contributed by atoms with van der Waals surface area (Å²) in [5.74, 6) is 0.938. The largest absolute Gasteiger partial charge is 0.494 e. The van der Waals surface area contributed by atoms with E-state index < -0.39 is 0 Å². The van der Waals surface area contributed by atoms with Crippen LogP contribution >= 0.6 is 12.4 Å². The van der Waals surface area contributed by atoms with Crippen molar-refractivity contribution in [2.75, 3.05) is 13.2 Å². The van der Waals surface area contributed by atoms with Crippen molar-refractivity contribution < 1.29 is 9.53 Å². The minimum atomic E-state index is -0.0343. The third-order valence-corrected chi connectivity index (χ3v) is 3.35. The van der Waals surface area contributed by atoms with Gasteiger partial charge in [-0.25, -0.2) is 0 Å². The molecule has 2 rings (SSSR count). The van der Waals surface area contributed by atoms with Crippen LogP contribution in [0.2, 0.25) is 0 Å². The Morgan fingerprint density at radius 2 is 2.20 bits per heavy atom. The number of amides is 1. The quantitative estimate of drug-likeness (QED) is 0.877. The van der Waals surface area contributed by atoms with Crippen LogP contribution in [0, 0.1) is 0 Å². The third kappa shape index (κ3) is 4.69. The van der Waals surface area contributed by atoms with Crippen molar-refractivity contribution in [3.8, 4) is 5.75 Å². The van der Waals surface area contributed by atoms with Crippen LogP contribution in [0.4, 0.5) is 0 Å². The van der Waals surface area contributed by atoms with Gasteiger partial charge < -0.3 is 15.4 Å². The lowest BCUT2D eigenvalue weighted by Crippen LogP contribution is -2.46. The summed E-state index contributed by atoms with van der Waals surface area (Å²) in [6.07, 6.45) is 3.22. The second-order valence-corrected chi connectivity index (χ2v) is 4.76. The molecule has 4 nitrogen and oxygen atoms in total. The first-order valence-corrected chi connectivity index (χ1v) is 7.03. The summed E-state index contributed by atoms with van der Waals surface area (Å²) in [5, 5.41) is 6.24. The smallest absolute Gasteiger partial charge is 0.237 e. The Morgan fingerprint density at radius 1 is 1.40 bits per heavy atom. The standard InChI is InChI=1S/C15H22N2O2.ClH/c1-2-19-14-9-4-3-7-12(14)11-17-15(18)13-8-5-6-10-16-13;/h3-4,7,9,13,16H,2,5-6,8,10-11H2,1H3,(H,17,18);1H. The van der Waals surface area contributed by atoms with Crippen LogP contribution in [0.25, 0.3) is 0 Å². The van der Waals surface area contributed by atoms with Crippen LogP contribution in [-0.2, 0) is 11.3 Å². The fraction of sp³-hybridized carbons (Fsp3) is 0.533. The Morgan fingerprint density at radius 3 is 2.90 bits per heavy atom. The molecule has 1 heterocycles. The maximum atomic E-state index is 12.0. The van der Waals surface area contributed by atoms with Crippen LogP contribution in [0.1, 0.15) is 31.7 Å². The normalized spacial score (nSPS) is 17.9. The number of hydrogen-bond donors (Lipinski definition) is 2. The van der Waals surface area contributed by atoms with Gasteiger partial charge in [0.05, 0.1) is 12.6 Å². The number of rotatable bonds is 5. The molecule has 0 radical (unpaired) electrons. The molecule has 112 valence electrons. The molecule has 1 saturated heterocycles. The van der Waals surface area contributed by atoms with E-state index >= 15 is 0 Å². The molecule has 1 aliphatic heterocycles. The molecule has 0 aliphatic carbocycles. The Balaban J connectivity index is 0.00000200. The van der Waals surface area contributed by atoms with Crippen molar-refractivity contribution in [1.29, 1.82) is 0 Å². The molecule has 1 amide bonds. The molecule has 5 heteroatoms. The number of benzene rings is 1. The average molecular weight is 299 g/mol. The SMILES string of the molecule is CCOc1ccccc1CNC(=O)C1CCCCN1.Cl. The van der Waals surface area contributed by atoms with E-state index in [1.165, 1.54) is 0 Å². The number of ether oxygens (including phenoxy) is 1. The number of nitrogens with one attached hydrogen (secondary N) is 2. The van der Waals surface area contributed by atoms with Gasteiger partial charge in [0, 0.05) is 12.1 Å². The summed E-state index contributed by atoms with van der Waals surface area (Å²) < 4.78 is 5.55. The Hall–Kier alpha value is -1.26. The van der Waals surface area contributed by atoms with Crippen LogP contribution < -0.4 is 15.4 Å². The molecule has 1 fully saturated rings. The van der Waals surface area contributed by atoms with Crippen molar-refractivity contribution in [3.63, 3.8) is 0 Å². The van der Waals surface area contributed by atoms with Gasteiger partial charge in [-0.3, -0.25) is 4.79 Å². The number of hydrogen-bond acceptors (Lipinski definition) is 3. The van der Waals surface area contributed by atoms with E-state index in [0.717, 1.165) is 37.1 Å². The van der Waals surface area contributed by atoms with E-state index in [0.29, 0.717) is 13.2 Å². The van der Waals surface area contributed by atoms with Gasteiger partial charge in [0.25, 0.3) is 0 Å². The molecule has 1 aromatic carbocycles. The lowest BCUT2D eigenvalue weighted by Gasteiger charge is -2.22. The topological polar surface area (TPSA) is 50.4 Å². The molecular formula is C15H23ClN2O2. The predicted molar refractivity (Wildman–Crippen MR) is 82.3 cm³/mol. The van der Waals surface area contributed by atoms with Crippen molar-refractivity contribution in [1.82, 2.24) is 10.6 Å². The van der Waals surface area contributed by atoms with Crippen molar-refractivity contribution in [3.05, 3.63) is 29.8 Å². The second kappa shape index (κ2) is 8.82. The highest BCUT2D eigenvalue weighted by Crippen LogP contribution is 2.17. The third-order valence-electron chi connectivity index (χ3n) is 3.35. The van der Waals surface area contributed by atoms with E-state index in [1.54, 1.807) is 0 Å². The van der Waals surface area contributed by atoms with Crippen LogP contribution in [0.5, 0.6) is 5.75 Å². The fourth-order valence-electron chi connectivity index (χ4n) is 2.33. The predicted octanol–water partition coefficient (Wildman–Crippen LogP) is 2.27. The number of halogens is 1. The zero-order chi connectivity index (χ0) is 13.5. The van der Waals surface area contributed by atoms with Gasteiger partial charge in [-0.15, -0.1) is 12.4 Å². The monoisotopic (exact) mass is 298 g/mol. The first-order valence-electron chi connectivity index (χ1n) is 7.03. The highest BCUT2D eigenvalue weighted by Gasteiger charge is 2.20. The molecule has 1 aromatic rings. The first-order chi connectivity index (χ1) is 9.31. The van der Waals surface area contributed by atoms with Crippen molar-refractivity contribution in [2.45, 2.75) is 38.8 Å². The maximum absolute atomic E-state index is 12.0. The molecular weight excluding hydrogens is 276 g/mol. The van der Waals surface area contributed by atoms with Gasteiger partial charge in [0.1, 0.15) is 5.75 Å². The van der Waals surface area contributed by atoms with Gasteiger partial charge >= 0.3 is 0 Å². The zero-order valence-corrected chi connectivity index (χ0v) is 12.7. The minimum Gasteiger partial charge on any atom is -0.494 e. The second-order valence-electron chi connectivity index (χ2n) is 4.76. The molecule has 2 N–H and O–H groups in total. The lowest BCUT2D eigenvalue weighted by atomic mass is 10.0. The molecule has 1 unspecified atom stereocenters. The number of carbonyl (C=O) groups is 1. The van der Waals surface area contributed by atoms with Gasteiger partial charge in [-0.05, 0) is 32.4 Å². The minimum absolute atomic E-state index is 0. The van der Waals surface area contributed by atoms with E-state index in [1.807, 2.05) is 31.2 Å². The summed E-state index contributed by atoms with van der Waals surface area (Å²) in [6, 6.07) is 7.79. The van der Waals surface area contributed by atoms with E-state index in [-0.39, 0.29) is 24.4 Å². The van der Waals surface area contributed by atoms with Crippen LogP contribution in [0.3, 0.4) is 0 Å². The lowest BCUT2D eigenvalue weighted by molar-refractivity contribution is -0.123. The maximum Gasteiger partial charge on any atom is 0.237 e. The molecule has 1 aliphatic rings. The van der Waals surface area contributed by atoms with Gasteiger partial charge in [-0.1, -0.05) is 24.6 Å². The van der Waals surface area contributed by atoms with E-state index in [2.05, 4.69) is 10.6 Å². The summed E-state index contributed by atoms with van der Waals surface area (Å²) in [7, 11) is 0. The molecule has 0 aromatic heterocycles. The van der Waals surface area contributed by atoms with E-state index in [4.69, 9.17) is 4.74 Å². The molecule has 1 atom stereocenters. The van der Waals surface area contributed by atoms with Crippen LogP contribution in [0.15, 0.2) is 24.3 Å². The van der Waals surface area contributed by atoms with Crippen LogP contribution in [-0.4, -0.2) is 25.1 Å². The number of carbonyl (C=O) groups excluding carboxylic acids is 1. The summed E-state index contributed by atoms with van der Waals surface area (Å²) in [5.41, 5.74) is 1.02. The van der Waals surface area contributed by atoms with Gasteiger partial charge in [-0.2, -0.15) is 0 Å². The van der Waals surface area contributed by atoms with Gasteiger partial charge in [0.2, 0.25) is 5.91 Å². The highest BCUT2D eigenvalue weighted by atomic mass is 35.5. The first kappa shape index (κ1) is 16.8. The van der Waals surface area contributed by atoms with Gasteiger partial charge in [0.15, 0.2) is 0 Å². The zero-order valence-electron chi connectivity index (χ0n) is 11.9. The van der Waals surface area contributed by atoms with Crippen molar-refractivity contribution in [2.24, 2.45) is 0 Å². The molecule has 20 heavy (non-hydrogen) atoms. The summed E-state index contributed by atoms with van der Waals surface area (Å²) in [6.45, 7) is 4.05. The Bertz CT molecular complexity index is 420. The molecule has 0 spiro atoms. The molecule has 0 bridgehead atoms. The number of para-hydroxylation sites is 1. The van der Waals surface area contributed by atoms with E-state index in [9.17, 15) is 4.79 Å².